The SMILES string of the molecule is COc1ccccc1OCc1cc2c(N)cccc2n1C. The Labute approximate surface area is 123 Å². The predicted octanol–water partition coefficient (Wildman–Crippen LogP) is 3.35. The van der Waals surface area contributed by atoms with E-state index in [9.17, 15) is 0 Å². The number of aromatic nitrogens is 1. The van der Waals surface area contributed by atoms with E-state index in [2.05, 4.69) is 16.7 Å². The zero-order valence-electron chi connectivity index (χ0n) is 12.2. The van der Waals surface area contributed by atoms with Gasteiger partial charge >= 0.3 is 0 Å². The van der Waals surface area contributed by atoms with Gasteiger partial charge in [0.15, 0.2) is 11.5 Å². The Morgan fingerprint density at radius 3 is 2.52 bits per heavy atom. The molecule has 0 amide bonds. The Morgan fingerprint density at radius 2 is 1.81 bits per heavy atom. The average Bonchev–Trinajstić information content (AvgIpc) is 2.84. The van der Waals surface area contributed by atoms with Crippen molar-refractivity contribution in [3.8, 4) is 11.5 Å². The lowest BCUT2D eigenvalue weighted by atomic mass is 10.2. The summed E-state index contributed by atoms with van der Waals surface area (Å²) in [6.07, 6.45) is 0. The molecule has 2 N–H and O–H groups in total. The lowest BCUT2D eigenvalue weighted by Crippen LogP contribution is -2.02. The van der Waals surface area contributed by atoms with Crippen molar-refractivity contribution >= 4 is 16.6 Å². The third-order valence-corrected chi connectivity index (χ3v) is 3.66. The van der Waals surface area contributed by atoms with Crippen molar-refractivity contribution in [3.05, 3.63) is 54.2 Å². The second-order valence-electron chi connectivity index (χ2n) is 4.91. The van der Waals surface area contributed by atoms with E-state index in [1.165, 1.54) is 0 Å². The molecule has 3 aromatic rings. The number of hydrogen-bond donors (Lipinski definition) is 1. The van der Waals surface area contributed by atoms with Crippen LogP contribution in [0.25, 0.3) is 10.9 Å². The van der Waals surface area contributed by atoms with Gasteiger partial charge in [-0.1, -0.05) is 18.2 Å². The van der Waals surface area contributed by atoms with Gasteiger partial charge in [0.1, 0.15) is 6.61 Å². The van der Waals surface area contributed by atoms with Gasteiger partial charge in [0.25, 0.3) is 0 Å². The van der Waals surface area contributed by atoms with Crippen LogP contribution >= 0.6 is 0 Å². The van der Waals surface area contributed by atoms with Crippen molar-refractivity contribution < 1.29 is 9.47 Å². The third-order valence-electron chi connectivity index (χ3n) is 3.66. The van der Waals surface area contributed by atoms with Crippen LogP contribution in [0.1, 0.15) is 5.69 Å². The third kappa shape index (κ3) is 2.40. The Bertz CT molecular complexity index is 778. The Hall–Kier alpha value is -2.62. The number of hydrogen-bond acceptors (Lipinski definition) is 3. The molecule has 0 aliphatic rings. The number of nitrogens with two attached hydrogens (primary N) is 1. The summed E-state index contributed by atoms with van der Waals surface area (Å²) in [5, 5.41) is 1.05. The molecule has 0 radical (unpaired) electrons. The minimum Gasteiger partial charge on any atom is -0.493 e. The van der Waals surface area contributed by atoms with Gasteiger partial charge < -0.3 is 19.8 Å². The summed E-state index contributed by atoms with van der Waals surface area (Å²) in [5.41, 5.74) is 8.97. The fourth-order valence-corrected chi connectivity index (χ4v) is 2.47. The molecule has 21 heavy (non-hydrogen) atoms. The number of ether oxygens (including phenoxy) is 2. The van der Waals surface area contributed by atoms with E-state index in [-0.39, 0.29) is 0 Å². The van der Waals surface area contributed by atoms with Crippen LogP contribution in [-0.4, -0.2) is 11.7 Å². The molecule has 1 heterocycles. The molecule has 0 spiro atoms. The van der Waals surface area contributed by atoms with Crippen molar-refractivity contribution in [1.82, 2.24) is 4.57 Å². The molecule has 3 rings (SSSR count). The highest BCUT2D eigenvalue weighted by Crippen LogP contribution is 2.28. The number of aryl methyl sites for hydroxylation is 1. The van der Waals surface area contributed by atoms with Crippen LogP contribution in [0.4, 0.5) is 5.69 Å². The van der Waals surface area contributed by atoms with Gasteiger partial charge in [0.2, 0.25) is 0 Å². The van der Waals surface area contributed by atoms with E-state index in [1.807, 2.05) is 43.4 Å². The van der Waals surface area contributed by atoms with Crippen molar-refractivity contribution in [1.29, 1.82) is 0 Å². The van der Waals surface area contributed by atoms with Gasteiger partial charge in [-0.2, -0.15) is 0 Å². The molecule has 0 aliphatic carbocycles. The summed E-state index contributed by atoms with van der Waals surface area (Å²) < 4.78 is 13.3. The van der Waals surface area contributed by atoms with Crippen LogP contribution < -0.4 is 15.2 Å². The van der Waals surface area contributed by atoms with Gasteiger partial charge in [-0.3, -0.25) is 0 Å². The number of rotatable bonds is 4. The Balaban J connectivity index is 1.89. The number of para-hydroxylation sites is 2. The van der Waals surface area contributed by atoms with E-state index >= 15 is 0 Å². The standard InChI is InChI=1S/C17H18N2O2/c1-19-12(10-13-14(18)6-5-7-15(13)19)11-21-17-9-4-3-8-16(17)20-2/h3-10H,11,18H2,1-2H3. The maximum atomic E-state index is 6.02. The quantitative estimate of drug-likeness (QED) is 0.747. The summed E-state index contributed by atoms with van der Waals surface area (Å²) in [7, 11) is 3.66. The highest BCUT2D eigenvalue weighted by molar-refractivity contribution is 5.92. The second kappa shape index (κ2) is 5.40. The molecule has 108 valence electrons. The zero-order chi connectivity index (χ0) is 14.8. The van der Waals surface area contributed by atoms with Crippen molar-refractivity contribution in [2.24, 2.45) is 7.05 Å². The molecule has 0 unspecified atom stereocenters. The molecule has 0 saturated heterocycles. The number of nitrogens with zero attached hydrogens (tertiary/aromatic N) is 1. The minimum atomic E-state index is 0.463. The molecule has 0 atom stereocenters. The van der Waals surface area contributed by atoms with Crippen LogP contribution in [0.3, 0.4) is 0 Å². The molecule has 0 bridgehead atoms. The largest absolute Gasteiger partial charge is 0.493 e. The highest BCUT2D eigenvalue weighted by Gasteiger charge is 2.09. The molecule has 0 fully saturated rings. The number of fused-ring (bicyclic) bond motifs is 1. The fraction of sp³-hybridized carbons (Fsp3) is 0.176. The number of methoxy groups -OCH3 is 1. The number of benzene rings is 2. The first-order valence-corrected chi connectivity index (χ1v) is 6.79. The zero-order valence-corrected chi connectivity index (χ0v) is 12.2. The molecule has 2 aromatic carbocycles. The highest BCUT2D eigenvalue weighted by atomic mass is 16.5. The predicted molar refractivity (Wildman–Crippen MR) is 84.7 cm³/mol. The first-order valence-electron chi connectivity index (χ1n) is 6.79. The topological polar surface area (TPSA) is 49.4 Å². The summed E-state index contributed by atoms with van der Waals surface area (Å²) in [6, 6.07) is 15.6. The maximum absolute atomic E-state index is 6.02. The van der Waals surface area contributed by atoms with Gasteiger partial charge in [0, 0.05) is 18.1 Å². The Morgan fingerprint density at radius 1 is 1.05 bits per heavy atom. The van der Waals surface area contributed by atoms with E-state index in [0.717, 1.165) is 33.8 Å². The molecule has 4 heteroatoms. The monoisotopic (exact) mass is 282 g/mol. The van der Waals surface area contributed by atoms with Gasteiger partial charge in [-0.25, -0.2) is 0 Å². The van der Waals surface area contributed by atoms with E-state index in [4.69, 9.17) is 15.2 Å². The fourth-order valence-electron chi connectivity index (χ4n) is 2.47. The van der Waals surface area contributed by atoms with Gasteiger partial charge in [-0.15, -0.1) is 0 Å². The van der Waals surface area contributed by atoms with Gasteiger partial charge in [-0.05, 0) is 30.3 Å². The molecular weight excluding hydrogens is 264 g/mol. The first kappa shape index (κ1) is 13.4. The summed E-state index contributed by atoms with van der Waals surface area (Å²) in [4.78, 5) is 0. The molecule has 0 aliphatic heterocycles. The summed E-state index contributed by atoms with van der Waals surface area (Å²) >= 11 is 0. The van der Waals surface area contributed by atoms with Crippen LogP contribution in [0.2, 0.25) is 0 Å². The number of nitrogen functional groups attached to an aromatic ring is 1. The van der Waals surface area contributed by atoms with E-state index in [1.54, 1.807) is 7.11 Å². The molecule has 1 aromatic heterocycles. The summed E-state index contributed by atoms with van der Waals surface area (Å²) in [6.45, 7) is 0.463. The normalized spacial score (nSPS) is 10.8. The van der Waals surface area contributed by atoms with Crippen LogP contribution in [-0.2, 0) is 13.7 Å². The van der Waals surface area contributed by atoms with Crippen molar-refractivity contribution in [2.45, 2.75) is 6.61 Å². The van der Waals surface area contributed by atoms with Crippen LogP contribution in [0.5, 0.6) is 11.5 Å². The van der Waals surface area contributed by atoms with Crippen molar-refractivity contribution in [3.63, 3.8) is 0 Å². The molecular formula is C17H18N2O2. The van der Waals surface area contributed by atoms with E-state index in [0.29, 0.717) is 6.61 Å². The lowest BCUT2D eigenvalue weighted by Gasteiger charge is -2.10. The second-order valence-corrected chi connectivity index (χ2v) is 4.91. The smallest absolute Gasteiger partial charge is 0.161 e. The molecule has 0 saturated carbocycles. The minimum absolute atomic E-state index is 0.463. The van der Waals surface area contributed by atoms with Crippen LogP contribution in [0, 0.1) is 0 Å². The first-order chi connectivity index (χ1) is 10.2. The lowest BCUT2D eigenvalue weighted by molar-refractivity contribution is 0.278. The van der Waals surface area contributed by atoms with Crippen molar-refractivity contribution in [2.75, 3.05) is 12.8 Å². The van der Waals surface area contributed by atoms with Crippen LogP contribution in [0.15, 0.2) is 48.5 Å². The average molecular weight is 282 g/mol. The number of anilines is 1. The summed E-state index contributed by atoms with van der Waals surface area (Å²) in [5.74, 6) is 1.47. The van der Waals surface area contributed by atoms with Gasteiger partial charge in [0.05, 0.1) is 18.3 Å². The maximum Gasteiger partial charge on any atom is 0.161 e. The Kier molecular flexibility index (Phi) is 3.44. The van der Waals surface area contributed by atoms with E-state index < -0.39 is 0 Å². The molecule has 4 nitrogen and oxygen atoms in total.